The molecule has 6 heteroatoms. The second-order valence-electron chi connectivity index (χ2n) is 7.39. The molecule has 164 valence electrons. The minimum Gasteiger partial charge on any atom is -0.493 e. The molecule has 0 amide bonds. The zero-order valence-electron chi connectivity index (χ0n) is 18.8. The summed E-state index contributed by atoms with van der Waals surface area (Å²) in [7, 11) is 6.76. The Kier molecular flexibility index (Phi) is 6.52. The van der Waals surface area contributed by atoms with Gasteiger partial charge in [0.1, 0.15) is 0 Å². The number of nitrogens with zero attached hydrogens (tertiary/aromatic N) is 2. The average Bonchev–Trinajstić information content (AvgIpc) is 2.86. The summed E-state index contributed by atoms with van der Waals surface area (Å²) < 4.78 is 16.4. The first-order chi connectivity index (χ1) is 15.7. The Balaban J connectivity index is 1.80. The molecule has 0 spiro atoms. The number of ether oxygens (including phenoxy) is 3. The van der Waals surface area contributed by atoms with Crippen molar-refractivity contribution >= 4 is 11.0 Å². The molecular weight excluding hydrogens is 402 g/mol. The largest absolute Gasteiger partial charge is 0.493 e. The summed E-state index contributed by atoms with van der Waals surface area (Å²) in [6.45, 7) is 0.956. The fraction of sp³-hybridized carbons (Fsp3) is 0.231. The van der Waals surface area contributed by atoms with Crippen LogP contribution >= 0.6 is 0 Å². The van der Waals surface area contributed by atoms with Crippen LogP contribution in [0.3, 0.4) is 0 Å². The maximum atomic E-state index is 5.50. The van der Waals surface area contributed by atoms with Gasteiger partial charge in [0, 0.05) is 11.1 Å². The van der Waals surface area contributed by atoms with Crippen molar-refractivity contribution in [2.75, 3.05) is 34.9 Å². The third-order valence-corrected chi connectivity index (χ3v) is 5.46. The SMILES string of the molecule is CNCCc1ccc(-c2cccc3ncc(-c4cc(OC)c(OC)c(OC)c4)nc23)cc1. The van der Waals surface area contributed by atoms with Crippen molar-refractivity contribution in [2.45, 2.75) is 6.42 Å². The van der Waals surface area contributed by atoms with Crippen LogP contribution in [0, 0.1) is 0 Å². The Bertz CT molecular complexity index is 1200. The van der Waals surface area contributed by atoms with E-state index < -0.39 is 0 Å². The van der Waals surface area contributed by atoms with Crippen molar-refractivity contribution in [1.29, 1.82) is 0 Å². The summed E-state index contributed by atoms with van der Waals surface area (Å²) in [5.74, 6) is 1.70. The normalized spacial score (nSPS) is 10.9. The van der Waals surface area contributed by atoms with Crippen LogP contribution in [0.1, 0.15) is 5.56 Å². The van der Waals surface area contributed by atoms with Crippen LogP contribution in [0.5, 0.6) is 17.2 Å². The summed E-state index contributed by atoms with van der Waals surface area (Å²) in [6.07, 6.45) is 2.77. The van der Waals surface area contributed by atoms with Crippen molar-refractivity contribution in [3.63, 3.8) is 0 Å². The lowest BCUT2D eigenvalue weighted by molar-refractivity contribution is 0.324. The summed E-state index contributed by atoms with van der Waals surface area (Å²) in [4.78, 5) is 9.65. The summed E-state index contributed by atoms with van der Waals surface area (Å²) in [6, 6.07) is 18.5. The van der Waals surface area contributed by atoms with Gasteiger partial charge in [-0.3, -0.25) is 4.98 Å². The van der Waals surface area contributed by atoms with Crippen LogP contribution in [-0.4, -0.2) is 44.9 Å². The van der Waals surface area contributed by atoms with E-state index in [4.69, 9.17) is 19.2 Å². The number of aromatic nitrogens is 2. The maximum Gasteiger partial charge on any atom is 0.203 e. The molecule has 1 aromatic heterocycles. The molecule has 0 aliphatic carbocycles. The van der Waals surface area contributed by atoms with Crippen molar-refractivity contribution < 1.29 is 14.2 Å². The smallest absolute Gasteiger partial charge is 0.203 e. The summed E-state index contributed by atoms with van der Waals surface area (Å²) in [5.41, 5.74) is 6.72. The highest BCUT2D eigenvalue weighted by Crippen LogP contribution is 2.41. The monoisotopic (exact) mass is 429 g/mol. The number of benzene rings is 3. The van der Waals surface area contributed by atoms with Gasteiger partial charge in [-0.25, -0.2) is 4.98 Å². The van der Waals surface area contributed by atoms with Crippen molar-refractivity contribution in [3.8, 4) is 39.6 Å². The fourth-order valence-corrected chi connectivity index (χ4v) is 3.75. The first kappa shape index (κ1) is 21.6. The molecule has 0 unspecified atom stereocenters. The molecule has 0 bridgehead atoms. The van der Waals surface area contributed by atoms with E-state index in [1.54, 1.807) is 27.5 Å². The summed E-state index contributed by atoms with van der Waals surface area (Å²) in [5, 5.41) is 3.19. The lowest BCUT2D eigenvalue weighted by Crippen LogP contribution is -2.10. The molecule has 4 rings (SSSR count). The molecule has 0 saturated heterocycles. The van der Waals surface area contributed by atoms with E-state index >= 15 is 0 Å². The lowest BCUT2D eigenvalue weighted by Gasteiger charge is -2.14. The molecule has 0 radical (unpaired) electrons. The molecule has 0 aliphatic heterocycles. The van der Waals surface area contributed by atoms with Crippen molar-refractivity contribution in [3.05, 3.63) is 66.4 Å². The standard InChI is InChI=1S/C26H27N3O3/c1-27-13-12-17-8-10-18(11-9-17)20-6-5-7-21-25(20)29-22(16-28-21)19-14-23(30-2)26(32-4)24(15-19)31-3/h5-11,14-16,27H,12-13H2,1-4H3. The number of hydrogen-bond donors (Lipinski definition) is 1. The van der Waals surface area contributed by atoms with Crippen LogP contribution in [0.2, 0.25) is 0 Å². The molecule has 3 aromatic carbocycles. The van der Waals surface area contributed by atoms with E-state index in [2.05, 4.69) is 40.6 Å². The van der Waals surface area contributed by atoms with Gasteiger partial charge in [0.05, 0.1) is 44.3 Å². The number of hydrogen-bond acceptors (Lipinski definition) is 6. The predicted octanol–water partition coefficient (Wildman–Crippen LogP) is 4.75. The van der Waals surface area contributed by atoms with E-state index in [1.807, 2.05) is 31.3 Å². The highest BCUT2D eigenvalue weighted by molar-refractivity contribution is 5.92. The Labute approximate surface area is 188 Å². The quantitative estimate of drug-likeness (QED) is 0.436. The number of rotatable bonds is 8. The van der Waals surface area contributed by atoms with Crippen LogP contribution in [-0.2, 0) is 6.42 Å². The highest BCUT2D eigenvalue weighted by atomic mass is 16.5. The average molecular weight is 430 g/mol. The number of nitrogens with one attached hydrogen (secondary N) is 1. The lowest BCUT2D eigenvalue weighted by atomic mass is 10.0. The first-order valence-corrected chi connectivity index (χ1v) is 10.5. The van der Waals surface area contributed by atoms with Crippen molar-refractivity contribution in [1.82, 2.24) is 15.3 Å². The molecule has 1 N–H and O–H groups in total. The molecular formula is C26H27N3O3. The van der Waals surface area contributed by atoms with E-state index in [0.717, 1.165) is 46.4 Å². The Hall–Kier alpha value is -3.64. The van der Waals surface area contributed by atoms with Gasteiger partial charge in [-0.2, -0.15) is 0 Å². The summed E-state index contributed by atoms with van der Waals surface area (Å²) >= 11 is 0. The third-order valence-electron chi connectivity index (χ3n) is 5.46. The zero-order chi connectivity index (χ0) is 22.5. The van der Waals surface area contributed by atoms with Gasteiger partial charge in [0.25, 0.3) is 0 Å². The van der Waals surface area contributed by atoms with Gasteiger partial charge in [-0.1, -0.05) is 36.4 Å². The molecule has 6 nitrogen and oxygen atoms in total. The first-order valence-electron chi connectivity index (χ1n) is 10.5. The molecule has 0 fully saturated rings. The Morgan fingerprint density at radius 1 is 0.844 bits per heavy atom. The highest BCUT2D eigenvalue weighted by Gasteiger charge is 2.16. The number of methoxy groups -OCH3 is 3. The molecule has 0 atom stereocenters. The van der Waals surface area contributed by atoms with Gasteiger partial charge in [0.15, 0.2) is 11.5 Å². The molecule has 1 heterocycles. The van der Waals surface area contributed by atoms with E-state index in [0.29, 0.717) is 17.2 Å². The van der Waals surface area contributed by atoms with Crippen LogP contribution in [0.4, 0.5) is 0 Å². The number of likely N-dealkylation sites (N-methyl/N-ethyl adjacent to an activating group) is 1. The van der Waals surface area contributed by atoms with Crippen LogP contribution in [0.25, 0.3) is 33.4 Å². The molecule has 4 aromatic rings. The zero-order valence-corrected chi connectivity index (χ0v) is 18.8. The second kappa shape index (κ2) is 9.66. The van der Waals surface area contributed by atoms with Crippen molar-refractivity contribution in [2.24, 2.45) is 0 Å². The van der Waals surface area contributed by atoms with E-state index in [-0.39, 0.29) is 0 Å². The van der Waals surface area contributed by atoms with Gasteiger partial charge < -0.3 is 19.5 Å². The van der Waals surface area contributed by atoms with E-state index in [1.165, 1.54) is 5.56 Å². The third kappa shape index (κ3) is 4.22. The fourth-order valence-electron chi connectivity index (χ4n) is 3.75. The van der Waals surface area contributed by atoms with Crippen LogP contribution in [0.15, 0.2) is 60.8 Å². The maximum absolute atomic E-state index is 5.50. The second-order valence-corrected chi connectivity index (χ2v) is 7.39. The molecule has 32 heavy (non-hydrogen) atoms. The molecule has 0 saturated carbocycles. The topological polar surface area (TPSA) is 65.5 Å². The minimum atomic E-state index is 0.548. The Morgan fingerprint density at radius 2 is 1.56 bits per heavy atom. The number of para-hydroxylation sites is 1. The van der Waals surface area contributed by atoms with Gasteiger partial charge >= 0.3 is 0 Å². The Morgan fingerprint density at radius 3 is 2.19 bits per heavy atom. The molecule has 0 aliphatic rings. The van der Waals surface area contributed by atoms with E-state index in [9.17, 15) is 0 Å². The predicted molar refractivity (Wildman–Crippen MR) is 128 cm³/mol. The van der Waals surface area contributed by atoms with Gasteiger partial charge in [-0.15, -0.1) is 0 Å². The number of fused-ring (bicyclic) bond motifs is 1. The van der Waals surface area contributed by atoms with Gasteiger partial charge in [0.2, 0.25) is 5.75 Å². The minimum absolute atomic E-state index is 0.548. The van der Waals surface area contributed by atoms with Gasteiger partial charge in [-0.05, 0) is 49.3 Å². The van der Waals surface area contributed by atoms with Crippen LogP contribution < -0.4 is 19.5 Å².